The Bertz CT molecular complexity index is 242. The fourth-order valence-corrected chi connectivity index (χ4v) is 1.65. The van der Waals surface area contributed by atoms with Crippen molar-refractivity contribution in [3.8, 4) is 0 Å². The normalized spacial score (nSPS) is 28.0. The van der Waals surface area contributed by atoms with Crippen molar-refractivity contribution in [2.45, 2.75) is 32.3 Å². The minimum atomic E-state index is -0.127. The molecule has 2 nitrogen and oxygen atoms in total. The molecule has 1 unspecified atom stereocenters. The molecule has 13 heavy (non-hydrogen) atoms. The van der Waals surface area contributed by atoms with Gasteiger partial charge in [-0.05, 0) is 25.5 Å². The van der Waals surface area contributed by atoms with Gasteiger partial charge in [-0.3, -0.25) is 0 Å². The molecule has 0 spiro atoms. The molecule has 0 bridgehead atoms. The van der Waals surface area contributed by atoms with Crippen LogP contribution in [0.25, 0.3) is 0 Å². The van der Waals surface area contributed by atoms with E-state index in [-0.39, 0.29) is 5.60 Å². The summed E-state index contributed by atoms with van der Waals surface area (Å²) >= 11 is 0. The van der Waals surface area contributed by atoms with Crippen LogP contribution in [-0.2, 0) is 4.74 Å². The summed E-state index contributed by atoms with van der Waals surface area (Å²) in [5.41, 5.74) is 2.47. The third-order valence-corrected chi connectivity index (χ3v) is 2.61. The first-order valence-electron chi connectivity index (χ1n) is 4.78. The smallest absolute Gasteiger partial charge is 0.0890 e. The van der Waals surface area contributed by atoms with E-state index in [9.17, 15) is 0 Å². The van der Waals surface area contributed by atoms with Crippen molar-refractivity contribution in [2.24, 2.45) is 0 Å². The van der Waals surface area contributed by atoms with Crippen molar-refractivity contribution < 1.29 is 4.74 Å². The van der Waals surface area contributed by atoms with Gasteiger partial charge in [0, 0.05) is 26.3 Å². The van der Waals surface area contributed by atoms with Crippen LogP contribution in [-0.4, -0.2) is 19.8 Å². The second-order valence-electron chi connectivity index (χ2n) is 3.70. The van der Waals surface area contributed by atoms with Gasteiger partial charge in [-0.15, -0.1) is 0 Å². The van der Waals surface area contributed by atoms with E-state index in [0.717, 1.165) is 18.5 Å². The van der Waals surface area contributed by atoms with Crippen LogP contribution in [0.5, 0.6) is 0 Å². The van der Waals surface area contributed by atoms with Crippen molar-refractivity contribution in [3.05, 3.63) is 23.4 Å². The molecule has 1 aliphatic carbocycles. The van der Waals surface area contributed by atoms with E-state index in [1.807, 2.05) is 7.05 Å². The summed E-state index contributed by atoms with van der Waals surface area (Å²) in [7, 11) is 3.71. The van der Waals surface area contributed by atoms with Crippen molar-refractivity contribution in [1.29, 1.82) is 0 Å². The maximum atomic E-state index is 5.49. The van der Waals surface area contributed by atoms with Gasteiger partial charge in [0.25, 0.3) is 0 Å². The lowest BCUT2D eigenvalue weighted by atomic mass is 9.89. The molecule has 0 aliphatic heterocycles. The first kappa shape index (κ1) is 10.3. The van der Waals surface area contributed by atoms with Gasteiger partial charge in [0.1, 0.15) is 0 Å². The van der Waals surface area contributed by atoms with Gasteiger partial charge < -0.3 is 10.1 Å². The fraction of sp³-hybridized carbons (Fsp3) is 0.636. The Morgan fingerprint density at radius 3 is 2.77 bits per heavy atom. The fourth-order valence-electron chi connectivity index (χ4n) is 1.65. The van der Waals surface area contributed by atoms with Crippen LogP contribution in [0.4, 0.5) is 0 Å². The highest BCUT2D eigenvalue weighted by atomic mass is 16.5. The van der Waals surface area contributed by atoms with E-state index < -0.39 is 0 Å². The van der Waals surface area contributed by atoms with Gasteiger partial charge in [0.2, 0.25) is 0 Å². The third kappa shape index (κ3) is 2.34. The van der Waals surface area contributed by atoms with E-state index >= 15 is 0 Å². The zero-order chi connectivity index (χ0) is 9.90. The Morgan fingerprint density at radius 2 is 2.31 bits per heavy atom. The molecule has 1 N–H and O–H groups in total. The molecule has 0 aromatic rings. The largest absolute Gasteiger partial charge is 0.388 e. The summed E-state index contributed by atoms with van der Waals surface area (Å²) in [6.45, 7) is 4.30. The van der Waals surface area contributed by atoms with E-state index in [4.69, 9.17) is 4.74 Å². The SMILES string of the molecule is CCC1=CC(NC)=CC(C)(OC)C1. The van der Waals surface area contributed by atoms with Gasteiger partial charge in [-0.2, -0.15) is 0 Å². The van der Waals surface area contributed by atoms with Gasteiger partial charge in [-0.25, -0.2) is 0 Å². The maximum absolute atomic E-state index is 5.49. The summed E-state index contributed by atoms with van der Waals surface area (Å²) in [6, 6.07) is 0. The van der Waals surface area contributed by atoms with Crippen LogP contribution in [0.15, 0.2) is 23.4 Å². The second kappa shape index (κ2) is 3.97. The standard InChI is InChI=1S/C11H19NO/c1-5-9-6-10(12-3)8-11(2,7-9)13-4/h6,8,12H,5,7H2,1-4H3. The van der Waals surface area contributed by atoms with Crippen LogP contribution in [0.2, 0.25) is 0 Å². The van der Waals surface area contributed by atoms with Gasteiger partial charge in [-0.1, -0.05) is 12.5 Å². The molecule has 0 aromatic heterocycles. The van der Waals surface area contributed by atoms with Crippen LogP contribution < -0.4 is 5.32 Å². The lowest BCUT2D eigenvalue weighted by Crippen LogP contribution is -2.29. The Hall–Kier alpha value is -0.760. The van der Waals surface area contributed by atoms with E-state index in [1.165, 1.54) is 5.57 Å². The molecule has 1 rings (SSSR count). The van der Waals surface area contributed by atoms with Crippen LogP contribution in [0.1, 0.15) is 26.7 Å². The molecule has 0 radical (unpaired) electrons. The minimum Gasteiger partial charge on any atom is -0.388 e. The number of allylic oxidation sites excluding steroid dienone is 1. The summed E-state index contributed by atoms with van der Waals surface area (Å²) < 4.78 is 5.49. The Labute approximate surface area is 80.7 Å². The number of nitrogens with one attached hydrogen (secondary N) is 1. The molecule has 1 atom stereocenters. The van der Waals surface area contributed by atoms with E-state index in [1.54, 1.807) is 7.11 Å². The summed E-state index contributed by atoms with van der Waals surface area (Å²) in [5.74, 6) is 0. The van der Waals surface area contributed by atoms with Crippen molar-refractivity contribution in [1.82, 2.24) is 5.32 Å². The second-order valence-corrected chi connectivity index (χ2v) is 3.70. The average molecular weight is 181 g/mol. The molecular formula is C11H19NO. The summed E-state index contributed by atoms with van der Waals surface area (Å²) in [6.07, 6.45) is 6.45. The Morgan fingerprint density at radius 1 is 1.62 bits per heavy atom. The molecule has 0 saturated heterocycles. The van der Waals surface area contributed by atoms with Gasteiger partial charge in [0.05, 0.1) is 5.60 Å². The molecule has 0 amide bonds. The number of ether oxygens (including phenoxy) is 1. The summed E-state index contributed by atoms with van der Waals surface area (Å²) in [4.78, 5) is 0. The molecule has 0 aromatic carbocycles. The first-order valence-corrected chi connectivity index (χ1v) is 4.78. The highest BCUT2D eigenvalue weighted by molar-refractivity contribution is 5.31. The molecule has 0 saturated carbocycles. The zero-order valence-corrected chi connectivity index (χ0v) is 8.98. The molecule has 0 fully saturated rings. The van der Waals surface area contributed by atoms with Crippen LogP contribution in [0.3, 0.4) is 0 Å². The lowest BCUT2D eigenvalue weighted by Gasteiger charge is -2.30. The van der Waals surface area contributed by atoms with Gasteiger partial charge in [0.15, 0.2) is 0 Å². The summed E-state index contributed by atoms with van der Waals surface area (Å²) in [5, 5.41) is 3.16. The highest BCUT2D eigenvalue weighted by Gasteiger charge is 2.25. The maximum Gasteiger partial charge on any atom is 0.0890 e. The molecule has 0 heterocycles. The van der Waals surface area contributed by atoms with E-state index in [2.05, 4.69) is 31.3 Å². The quantitative estimate of drug-likeness (QED) is 0.721. The highest BCUT2D eigenvalue weighted by Crippen LogP contribution is 2.29. The molecule has 1 aliphatic rings. The number of likely N-dealkylation sites (N-methyl/N-ethyl adjacent to an activating group) is 1. The Kier molecular flexibility index (Phi) is 3.15. The molecule has 74 valence electrons. The van der Waals surface area contributed by atoms with Crippen LogP contribution in [0, 0.1) is 0 Å². The first-order chi connectivity index (χ1) is 6.13. The molecule has 2 heteroatoms. The zero-order valence-electron chi connectivity index (χ0n) is 8.98. The number of rotatable bonds is 3. The topological polar surface area (TPSA) is 21.3 Å². The number of methoxy groups -OCH3 is 1. The van der Waals surface area contributed by atoms with Crippen LogP contribution >= 0.6 is 0 Å². The molecular weight excluding hydrogens is 162 g/mol. The van der Waals surface area contributed by atoms with Crippen molar-refractivity contribution >= 4 is 0 Å². The van der Waals surface area contributed by atoms with Crippen molar-refractivity contribution in [2.75, 3.05) is 14.2 Å². The van der Waals surface area contributed by atoms with Crippen molar-refractivity contribution in [3.63, 3.8) is 0 Å². The predicted molar refractivity (Wildman–Crippen MR) is 55.5 cm³/mol. The minimum absolute atomic E-state index is 0.127. The lowest BCUT2D eigenvalue weighted by molar-refractivity contribution is 0.0465. The van der Waals surface area contributed by atoms with Gasteiger partial charge >= 0.3 is 0 Å². The monoisotopic (exact) mass is 181 g/mol. The average Bonchev–Trinajstić information content (AvgIpc) is 2.17. The predicted octanol–water partition coefficient (Wildman–Crippen LogP) is 2.23. The van der Waals surface area contributed by atoms with E-state index in [0.29, 0.717) is 0 Å². The number of hydrogen-bond acceptors (Lipinski definition) is 2. The third-order valence-electron chi connectivity index (χ3n) is 2.61. The number of hydrogen-bond donors (Lipinski definition) is 1. The Balaban J connectivity index is 2.88.